The number of rotatable bonds is 70. The summed E-state index contributed by atoms with van der Waals surface area (Å²) in [5.41, 5.74) is 5.41. The van der Waals surface area contributed by atoms with Crippen LogP contribution in [0.1, 0.15) is 348 Å². The first kappa shape index (κ1) is 85.7. The van der Waals surface area contributed by atoms with Gasteiger partial charge in [-0.15, -0.1) is 0 Å². The quantitative estimate of drug-likeness (QED) is 0.0264. The molecule has 2 unspecified atom stereocenters. The molecule has 514 valence electrons. The van der Waals surface area contributed by atoms with E-state index in [-0.39, 0.29) is 38.6 Å². The number of esters is 2. The van der Waals surface area contributed by atoms with Crippen LogP contribution < -0.4 is 5.73 Å². The molecular weight excluding hydrogens is 1120 g/mol. The van der Waals surface area contributed by atoms with Crippen molar-refractivity contribution in [3.8, 4) is 0 Å². The van der Waals surface area contributed by atoms with Gasteiger partial charge in [0.1, 0.15) is 6.61 Å². The molecule has 0 aliphatic heterocycles. The van der Waals surface area contributed by atoms with E-state index < -0.39 is 26.5 Å². The molecule has 0 aliphatic rings. The Bertz CT molecular complexity index is 1830. The van der Waals surface area contributed by atoms with E-state index in [1.807, 2.05) is 0 Å². The van der Waals surface area contributed by atoms with Crippen LogP contribution in [0, 0.1) is 0 Å². The van der Waals surface area contributed by atoms with E-state index in [4.69, 9.17) is 24.3 Å². The van der Waals surface area contributed by atoms with E-state index >= 15 is 0 Å². The van der Waals surface area contributed by atoms with E-state index in [1.165, 1.54) is 218 Å². The summed E-state index contributed by atoms with van der Waals surface area (Å²) in [5, 5.41) is 0. The Morgan fingerprint density at radius 3 is 0.921 bits per heavy atom. The van der Waals surface area contributed by atoms with Crippen LogP contribution in [0.5, 0.6) is 0 Å². The second-order valence-electron chi connectivity index (χ2n) is 24.8. The van der Waals surface area contributed by atoms with E-state index in [1.54, 1.807) is 0 Å². The molecule has 10 heteroatoms. The Kier molecular flexibility index (Phi) is 71.0. The topological polar surface area (TPSA) is 134 Å². The number of ether oxygens (including phenoxy) is 2. The molecule has 0 spiro atoms. The van der Waals surface area contributed by atoms with Crippen molar-refractivity contribution < 1.29 is 37.6 Å². The molecule has 9 nitrogen and oxygen atoms in total. The van der Waals surface area contributed by atoms with Gasteiger partial charge in [-0.05, 0) is 103 Å². The normalized spacial score (nSPS) is 13.5. The van der Waals surface area contributed by atoms with E-state index in [0.29, 0.717) is 6.42 Å². The highest BCUT2D eigenvalue weighted by atomic mass is 31.2. The summed E-state index contributed by atoms with van der Waals surface area (Å²) >= 11 is 0. The molecule has 0 heterocycles. The smallest absolute Gasteiger partial charge is 0.462 e. The van der Waals surface area contributed by atoms with E-state index in [9.17, 15) is 19.0 Å². The zero-order valence-corrected chi connectivity index (χ0v) is 58.8. The van der Waals surface area contributed by atoms with Gasteiger partial charge in [-0.25, -0.2) is 4.57 Å². The Balaban J connectivity index is 3.85. The number of phosphoric ester groups is 1. The number of hydrogen-bond donors (Lipinski definition) is 2. The summed E-state index contributed by atoms with van der Waals surface area (Å²) in [6.45, 7) is 3.66. The molecule has 0 rings (SSSR count). The highest BCUT2D eigenvalue weighted by molar-refractivity contribution is 7.47. The van der Waals surface area contributed by atoms with Gasteiger partial charge in [0.25, 0.3) is 0 Å². The third-order valence-corrected chi connectivity index (χ3v) is 17.1. The lowest BCUT2D eigenvalue weighted by Gasteiger charge is -2.19. The van der Waals surface area contributed by atoms with Gasteiger partial charge in [-0.2, -0.15) is 0 Å². The zero-order valence-electron chi connectivity index (χ0n) is 57.9. The third-order valence-electron chi connectivity index (χ3n) is 16.1. The minimum absolute atomic E-state index is 0.0502. The van der Waals surface area contributed by atoms with Crippen molar-refractivity contribution in [3.05, 3.63) is 109 Å². The SMILES string of the molecule is CC/C=C\C/C=C\C/C=C\C/C=C\C/C=C\C/C=C\C/C=C\CCCCCCCCCCCCCC(=O)OC(COC(=O)CCCCCCCCCCCCCCCCCCCCCCCCC/C=C\C/C=C\CCCCCCC)COP(=O)(O)OCCN. The van der Waals surface area contributed by atoms with Gasteiger partial charge >= 0.3 is 19.8 Å². The lowest BCUT2D eigenvalue weighted by atomic mass is 10.0. The first-order chi connectivity index (χ1) is 43.8. The minimum atomic E-state index is -4.40. The third kappa shape index (κ3) is 73.6. The molecule has 0 aromatic heterocycles. The van der Waals surface area contributed by atoms with Gasteiger partial charge < -0.3 is 20.1 Å². The standard InChI is InChI=1S/C79H140NO8P/c1-3-5-7-9-11-13-15-17-19-21-23-25-27-29-31-33-35-37-38-40-41-43-45-47-49-51-53-55-57-59-61-63-65-67-69-71-78(81)85-75-77(76-87-89(83,84)86-74-73-80)88-79(82)72-70-68-66-64-62-60-58-56-54-52-50-48-46-44-42-39-36-34-32-30-28-26-24-22-20-18-16-14-12-10-8-6-4-2/h6,8,12,14-15,17-18,20-21,23-24,26,30,32,36,39,44,46,77H,3-5,7,9-11,13,16,19,22,25,27-29,31,33-35,37-38,40-43,45,47-76,80H2,1-2H3,(H,83,84)/b8-6-,14-12-,17-15-,20-18-,23-21-,26-24-,32-30-,39-36-,46-44-. The second kappa shape index (κ2) is 73.7. The van der Waals surface area contributed by atoms with E-state index in [0.717, 1.165) is 96.3 Å². The number of carbonyl (C=O) groups excluding carboxylic acids is 2. The first-order valence-electron chi connectivity index (χ1n) is 37.4. The number of nitrogens with two attached hydrogens (primary N) is 1. The Morgan fingerprint density at radius 2 is 0.618 bits per heavy atom. The number of unbranched alkanes of at least 4 members (excludes halogenated alkanes) is 39. The highest BCUT2D eigenvalue weighted by Gasteiger charge is 2.26. The van der Waals surface area contributed by atoms with Crippen LogP contribution in [0.15, 0.2) is 109 Å². The summed E-state index contributed by atoms with van der Waals surface area (Å²) in [6, 6.07) is 0. The molecule has 0 aromatic carbocycles. The van der Waals surface area contributed by atoms with Gasteiger partial charge in [-0.3, -0.25) is 18.6 Å². The number of allylic oxidation sites excluding steroid dienone is 18. The van der Waals surface area contributed by atoms with Gasteiger partial charge in [0.05, 0.1) is 13.2 Å². The monoisotopic (exact) mass is 1260 g/mol. The molecule has 89 heavy (non-hydrogen) atoms. The maximum absolute atomic E-state index is 12.8. The number of phosphoric acid groups is 1. The molecule has 0 saturated heterocycles. The van der Waals surface area contributed by atoms with Crippen molar-refractivity contribution in [2.75, 3.05) is 26.4 Å². The number of hydrogen-bond acceptors (Lipinski definition) is 8. The molecule has 2 atom stereocenters. The maximum atomic E-state index is 12.8. The predicted octanol–water partition coefficient (Wildman–Crippen LogP) is 24.9. The molecule has 0 aliphatic carbocycles. The van der Waals surface area contributed by atoms with Gasteiger partial charge in [0.2, 0.25) is 0 Å². The lowest BCUT2D eigenvalue weighted by molar-refractivity contribution is -0.161. The molecule has 0 amide bonds. The van der Waals surface area contributed by atoms with Crippen LogP contribution in [-0.4, -0.2) is 49.3 Å². The van der Waals surface area contributed by atoms with Crippen molar-refractivity contribution in [1.29, 1.82) is 0 Å². The molecule has 0 radical (unpaired) electrons. The molecule has 0 saturated carbocycles. The number of carbonyl (C=O) groups is 2. The Labute approximate surface area is 549 Å². The van der Waals surface area contributed by atoms with Gasteiger partial charge in [0.15, 0.2) is 6.10 Å². The van der Waals surface area contributed by atoms with Crippen LogP contribution >= 0.6 is 7.82 Å². The lowest BCUT2D eigenvalue weighted by Crippen LogP contribution is -2.29. The predicted molar refractivity (Wildman–Crippen MR) is 385 cm³/mol. The molecule has 0 bridgehead atoms. The second-order valence-corrected chi connectivity index (χ2v) is 26.2. The van der Waals surface area contributed by atoms with Crippen LogP contribution in [0.2, 0.25) is 0 Å². The average Bonchev–Trinajstić information content (AvgIpc) is 3.58. The zero-order chi connectivity index (χ0) is 64.4. The van der Waals surface area contributed by atoms with Crippen molar-refractivity contribution in [3.63, 3.8) is 0 Å². The fraction of sp³-hybridized carbons (Fsp3) is 0.747. The fourth-order valence-corrected chi connectivity index (χ4v) is 11.4. The van der Waals surface area contributed by atoms with Crippen molar-refractivity contribution in [2.45, 2.75) is 354 Å². The van der Waals surface area contributed by atoms with Crippen LogP contribution in [0.25, 0.3) is 0 Å². The van der Waals surface area contributed by atoms with Crippen LogP contribution in [0.3, 0.4) is 0 Å². The Morgan fingerprint density at radius 1 is 0.348 bits per heavy atom. The largest absolute Gasteiger partial charge is 0.472 e. The van der Waals surface area contributed by atoms with Crippen LogP contribution in [-0.2, 0) is 32.7 Å². The summed E-state index contributed by atoms with van der Waals surface area (Å²) < 4.78 is 33.2. The summed E-state index contributed by atoms with van der Waals surface area (Å²) in [5.74, 6) is -0.821. The van der Waals surface area contributed by atoms with Crippen molar-refractivity contribution in [2.24, 2.45) is 5.73 Å². The Hall–Kier alpha value is -3.33. The van der Waals surface area contributed by atoms with Crippen molar-refractivity contribution in [1.82, 2.24) is 0 Å². The summed E-state index contributed by atoms with van der Waals surface area (Å²) in [4.78, 5) is 35.4. The molecule has 0 aromatic rings. The van der Waals surface area contributed by atoms with Crippen LogP contribution in [0.4, 0.5) is 0 Å². The minimum Gasteiger partial charge on any atom is -0.462 e. The van der Waals surface area contributed by atoms with E-state index in [2.05, 4.69) is 123 Å². The molecule has 3 N–H and O–H groups in total. The van der Waals surface area contributed by atoms with Crippen molar-refractivity contribution >= 4 is 19.8 Å². The highest BCUT2D eigenvalue weighted by Crippen LogP contribution is 2.43. The molecular formula is C79H140NO8P. The van der Waals surface area contributed by atoms with Gasteiger partial charge in [-0.1, -0.05) is 342 Å². The molecule has 0 fully saturated rings. The summed E-state index contributed by atoms with van der Waals surface area (Å²) in [6.07, 6.45) is 102. The maximum Gasteiger partial charge on any atom is 0.472 e. The first-order valence-corrected chi connectivity index (χ1v) is 38.9. The fourth-order valence-electron chi connectivity index (χ4n) is 10.7. The average molecular weight is 1260 g/mol. The van der Waals surface area contributed by atoms with Gasteiger partial charge in [0, 0.05) is 19.4 Å². The summed E-state index contributed by atoms with van der Waals surface area (Å²) in [7, 11) is -4.40.